The molecule has 5 nitrogen and oxygen atoms in total. The van der Waals surface area contributed by atoms with Crippen LogP contribution in [0.2, 0.25) is 0 Å². The van der Waals surface area contributed by atoms with Crippen molar-refractivity contribution in [2.75, 3.05) is 39.4 Å². The number of nitrogens with zero attached hydrogens (tertiary/aromatic N) is 2. The number of piperidine rings is 1. The first-order valence-corrected chi connectivity index (χ1v) is 6.99. The molecule has 0 saturated carbocycles. The molecule has 2 heterocycles. The van der Waals surface area contributed by atoms with E-state index in [1.165, 1.54) is 19.3 Å². The summed E-state index contributed by atoms with van der Waals surface area (Å²) in [5.74, 6) is 0.0568. The van der Waals surface area contributed by atoms with Crippen molar-refractivity contribution >= 4 is 5.91 Å². The molecular weight excluding hydrogens is 232 g/mol. The van der Waals surface area contributed by atoms with E-state index in [0.29, 0.717) is 12.6 Å². The van der Waals surface area contributed by atoms with Gasteiger partial charge >= 0.3 is 0 Å². The highest BCUT2D eigenvalue weighted by Gasteiger charge is 2.30. The molecule has 2 saturated heterocycles. The highest BCUT2D eigenvalue weighted by Crippen LogP contribution is 2.19. The van der Waals surface area contributed by atoms with Gasteiger partial charge in [0.25, 0.3) is 0 Å². The van der Waals surface area contributed by atoms with Crippen LogP contribution in [0.15, 0.2) is 0 Å². The molecule has 0 aromatic heterocycles. The molecule has 1 N–H and O–H groups in total. The molecule has 0 aliphatic carbocycles. The predicted molar refractivity (Wildman–Crippen MR) is 68.3 cm³/mol. The van der Waals surface area contributed by atoms with Crippen molar-refractivity contribution in [1.29, 1.82) is 0 Å². The summed E-state index contributed by atoms with van der Waals surface area (Å²) in [6.45, 7) is 5.79. The lowest BCUT2D eigenvalue weighted by atomic mass is 10.0. The Hall–Kier alpha value is -0.650. The lowest BCUT2D eigenvalue weighted by Crippen LogP contribution is -2.54. The summed E-state index contributed by atoms with van der Waals surface area (Å²) < 4.78 is 5.26. The number of carbonyl (C=O) groups excluding carboxylic acids is 1. The molecule has 0 aromatic carbocycles. The highest BCUT2D eigenvalue weighted by molar-refractivity contribution is 5.78. The number of likely N-dealkylation sites (tertiary alicyclic amines) is 1. The Bertz CT molecular complexity index is 285. The quantitative estimate of drug-likeness (QED) is 0.774. The van der Waals surface area contributed by atoms with E-state index in [1.807, 2.05) is 4.90 Å². The number of aliphatic hydroxyl groups is 1. The van der Waals surface area contributed by atoms with E-state index in [-0.39, 0.29) is 25.2 Å². The van der Waals surface area contributed by atoms with Crippen LogP contribution in [0.25, 0.3) is 0 Å². The first-order chi connectivity index (χ1) is 8.74. The van der Waals surface area contributed by atoms with Crippen LogP contribution >= 0.6 is 0 Å². The molecule has 104 valence electrons. The summed E-state index contributed by atoms with van der Waals surface area (Å²) in [6.07, 6.45) is 3.48. The number of aliphatic hydroxyl groups excluding tert-OH is 1. The second-order valence-corrected chi connectivity index (χ2v) is 5.19. The highest BCUT2D eigenvalue weighted by atomic mass is 16.5. The number of morpholine rings is 1. The second kappa shape index (κ2) is 6.50. The van der Waals surface area contributed by atoms with E-state index in [0.717, 1.165) is 19.6 Å². The van der Waals surface area contributed by atoms with Crippen LogP contribution in [0.1, 0.15) is 26.2 Å². The Morgan fingerprint density at radius 2 is 2.28 bits per heavy atom. The van der Waals surface area contributed by atoms with E-state index in [1.54, 1.807) is 0 Å². The summed E-state index contributed by atoms with van der Waals surface area (Å²) in [5, 5.41) is 9.13. The third-order valence-corrected chi connectivity index (χ3v) is 4.01. The number of carbonyl (C=O) groups is 1. The van der Waals surface area contributed by atoms with Gasteiger partial charge in [0.2, 0.25) is 5.91 Å². The minimum atomic E-state index is -0.207. The third-order valence-electron chi connectivity index (χ3n) is 4.01. The number of hydrogen-bond donors (Lipinski definition) is 1. The van der Waals surface area contributed by atoms with Gasteiger partial charge in [-0.1, -0.05) is 13.3 Å². The van der Waals surface area contributed by atoms with Gasteiger partial charge in [-0.25, -0.2) is 0 Å². The van der Waals surface area contributed by atoms with Crippen LogP contribution in [0.5, 0.6) is 0 Å². The molecule has 18 heavy (non-hydrogen) atoms. The Morgan fingerprint density at radius 1 is 1.44 bits per heavy atom. The molecule has 0 bridgehead atoms. The molecule has 2 aliphatic rings. The Labute approximate surface area is 109 Å². The van der Waals surface area contributed by atoms with Crippen molar-refractivity contribution in [3.8, 4) is 0 Å². The Balaban J connectivity index is 1.91. The van der Waals surface area contributed by atoms with Gasteiger partial charge in [-0.05, 0) is 25.9 Å². The summed E-state index contributed by atoms with van der Waals surface area (Å²) >= 11 is 0. The van der Waals surface area contributed by atoms with Crippen LogP contribution in [0.3, 0.4) is 0 Å². The lowest BCUT2D eigenvalue weighted by molar-refractivity contribution is -0.152. The van der Waals surface area contributed by atoms with Crippen molar-refractivity contribution in [2.45, 2.75) is 38.3 Å². The van der Waals surface area contributed by atoms with Crippen molar-refractivity contribution < 1.29 is 14.6 Å². The molecule has 2 aliphatic heterocycles. The second-order valence-electron chi connectivity index (χ2n) is 5.19. The fraction of sp³-hybridized carbons (Fsp3) is 0.923. The average Bonchev–Trinajstić information content (AvgIpc) is 2.42. The summed E-state index contributed by atoms with van der Waals surface area (Å²) in [4.78, 5) is 16.1. The minimum Gasteiger partial charge on any atom is -0.394 e. The van der Waals surface area contributed by atoms with Gasteiger partial charge in [0.05, 0.1) is 12.7 Å². The van der Waals surface area contributed by atoms with Gasteiger partial charge in [-0.15, -0.1) is 0 Å². The maximum Gasteiger partial charge on any atom is 0.248 e. The van der Waals surface area contributed by atoms with E-state index in [2.05, 4.69) is 11.8 Å². The molecule has 5 heteroatoms. The fourth-order valence-corrected chi connectivity index (χ4v) is 2.91. The lowest BCUT2D eigenvalue weighted by Gasteiger charge is -2.40. The van der Waals surface area contributed by atoms with Gasteiger partial charge < -0.3 is 14.7 Å². The molecular formula is C13H24N2O3. The molecule has 0 radical (unpaired) electrons. The van der Waals surface area contributed by atoms with Crippen molar-refractivity contribution in [1.82, 2.24) is 9.80 Å². The van der Waals surface area contributed by atoms with Crippen LogP contribution in [0, 0.1) is 0 Å². The van der Waals surface area contributed by atoms with E-state index in [4.69, 9.17) is 9.84 Å². The van der Waals surface area contributed by atoms with Gasteiger partial charge in [0, 0.05) is 19.1 Å². The number of rotatable bonds is 4. The van der Waals surface area contributed by atoms with Crippen LogP contribution in [-0.2, 0) is 9.53 Å². The van der Waals surface area contributed by atoms with Crippen LogP contribution in [-0.4, -0.2) is 72.4 Å². The molecule has 2 fully saturated rings. The molecule has 0 aromatic rings. The van der Waals surface area contributed by atoms with E-state index < -0.39 is 0 Å². The first kappa shape index (κ1) is 13.8. The molecule has 2 rings (SSSR count). The topological polar surface area (TPSA) is 53.0 Å². The predicted octanol–water partition coefficient (Wildman–Crippen LogP) is 0.0805. The molecule has 2 unspecified atom stereocenters. The maximum atomic E-state index is 11.8. The SMILES string of the molecule is CCN1CCCCC1CN1CC(CO)OCC1=O. The number of likely N-dealkylation sites (N-methyl/N-ethyl adjacent to an activating group) is 1. The zero-order valence-electron chi connectivity index (χ0n) is 11.2. The maximum absolute atomic E-state index is 11.8. The fourth-order valence-electron chi connectivity index (χ4n) is 2.91. The molecule has 2 atom stereocenters. The van der Waals surface area contributed by atoms with Crippen molar-refractivity contribution in [3.63, 3.8) is 0 Å². The summed E-state index contributed by atoms with van der Waals surface area (Å²) in [7, 11) is 0. The smallest absolute Gasteiger partial charge is 0.248 e. The van der Waals surface area contributed by atoms with Gasteiger partial charge in [-0.2, -0.15) is 0 Å². The molecule has 0 spiro atoms. The first-order valence-electron chi connectivity index (χ1n) is 6.99. The van der Waals surface area contributed by atoms with Crippen molar-refractivity contribution in [2.24, 2.45) is 0 Å². The summed E-state index contributed by atoms with van der Waals surface area (Å²) in [5.41, 5.74) is 0. The van der Waals surface area contributed by atoms with Gasteiger partial charge in [0.15, 0.2) is 0 Å². The zero-order chi connectivity index (χ0) is 13.0. The average molecular weight is 256 g/mol. The molecule has 1 amide bonds. The van der Waals surface area contributed by atoms with Gasteiger partial charge in [0.1, 0.15) is 6.61 Å². The summed E-state index contributed by atoms with van der Waals surface area (Å²) in [6, 6.07) is 0.477. The van der Waals surface area contributed by atoms with E-state index >= 15 is 0 Å². The largest absolute Gasteiger partial charge is 0.394 e. The Morgan fingerprint density at radius 3 is 3.00 bits per heavy atom. The number of amides is 1. The van der Waals surface area contributed by atoms with Gasteiger partial charge in [-0.3, -0.25) is 9.69 Å². The normalized spacial score (nSPS) is 30.8. The van der Waals surface area contributed by atoms with Crippen molar-refractivity contribution in [3.05, 3.63) is 0 Å². The monoisotopic (exact) mass is 256 g/mol. The minimum absolute atomic E-state index is 0.00800. The number of hydrogen-bond acceptors (Lipinski definition) is 4. The number of ether oxygens (including phenoxy) is 1. The zero-order valence-corrected chi connectivity index (χ0v) is 11.2. The third kappa shape index (κ3) is 3.22. The standard InChI is InChI=1S/C13H24N2O3/c1-2-14-6-4-3-5-11(14)7-15-8-12(9-16)18-10-13(15)17/h11-12,16H,2-10H2,1H3. The Kier molecular flexibility index (Phi) is 4.97. The van der Waals surface area contributed by atoms with Crippen LogP contribution in [0.4, 0.5) is 0 Å². The van der Waals surface area contributed by atoms with Crippen LogP contribution < -0.4 is 0 Å². The van der Waals surface area contributed by atoms with E-state index in [9.17, 15) is 4.79 Å².